The highest BCUT2D eigenvalue weighted by molar-refractivity contribution is 8.03. The number of amides is 1. The maximum absolute atomic E-state index is 12.0. The molecule has 6 nitrogen and oxygen atoms in total. The van der Waals surface area contributed by atoms with Crippen LogP contribution in [0.2, 0.25) is 0 Å². The Morgan fingerprint density at radius 1 is 1.20 bits per heavy atom. The van der Waals surface area contributed by atoms with Crippen molar-refractivity contribution >= 4 is 46.7 Å². The average Bonchev–Trinajstić information content (AvgIpc) is 3.24. The van der Waals surface area contributed by atoms with Gasteiger partial charge < -0.3 is 4.52 Å². The zero-order chi connectivity index (χ0) is 17.6. The Bertz CT molecular complexity index is 845. The Labute approximate surface area is 157 Å². The van der Waals surface area contributed by atoms with E-state index in [1.807, 2.05) is 31.2 Å². The molecule has 0 aliphatic carbocycles. The first kappa shape index (κ1) is 18.0. The van der Waals surface area contributed by atoms with Gasteiger partial charge in [-0.3, -0.25) is 10.1 Å². The molecule has 130 valence electrons. The number of rotatable bonds is 7. The third-order valence-electron chi connectivity index (χ3n) is 3.10. The molecule has 0 spiro atoms. The standard InChI is InChI=1S/C16H16N4O2S3/c1-3-23-15-18-19-16(25-15)24-9-13(21)17-14-8-12(20-22-14)11-6-4-10(2)5-7-11/h4-8H,3,9H2,1-2H3,(H,17,21). The van der Waals surface area contributed by atoms with Crippen molar-refractivity contribution < 1.29 is 9.32 Å². The van der Waals surface area contributed by atoms with E-state index in [0.29, 0.717) is 11.6 Å². The van der Waals surface area contributed by atoms with Crippen molar-refractivity contribution in [2.24, 2.45) is 0 Å². The number of benzene rings is 1. The number of carbonyl (C=O) groups is 1. The van der Waals surface area contributed by atoms with Crippen molar-refractivity contribution in [2.45, 2.75) is 22.5 Å². The van der Waals surface area contributed by atoms with Crippen molar-refractivity contribution in [3.63, 3.8) is 0 Å². The van der Waals surface area contributed by atoms with Crippen molar-refractivity contribution in [3.05, 3.63) is 35.9 Å². The van der Waals surface area contributed by atoms with Crippen molar-refractivity contribution in [1.29, 1.82) is 0 Å². The van der Waals surface area contributed by atoms with Crippen LogP contribution in [0.1, 0.15) is 12.5 Å². The first-order valence-electron chi connectivity index (χ1n) is 7.56. The fourth-order valence-electron chi connectivity index (χ4n) is 1.93. The first-order chi connectivity index (χ1) is 12.1. The fourth-order valence-corrected chi connectivity index (χ4v) is 4.65. The summed E-state index contributed by atoms with van der Waals surface area (Å²) in [6.07, 6.45) is 0. The van der Waals surface area contributed by atoms with Gasteiger partial charge >= 0.3 is 0 Å². The van der Waals surface area contributed by atoms with Crippen LogP contribution < -0.4 is 5.32 Å². The van der Waals surface area contributed by atoms with Gasteiger partial charge in [0, 0.05) is 11.6 Å². The number of nitrogens with one attached hydrogen (secondary N) is 1. The summed E-state index contributed by atoms with van der Waals surface area (Å²) >= 11 is 4.50. The summed E-state index contributed by atoms with van der Waals surface area (Å²) in [5, 5.41) is 14.8. The topological polar surface area (TPSA) is 80.9 Å². The highest BCUT2D eigenvalue weighted by Gasteiger charge is 2.12. The van der Waals surface area contributed by atoms with E-state index in [1.54, 1.807) is 17.8 Å². The second kappa shape index (κ2) is 8.50. The molecule has 2 heterocycles. The number of aryl methyl sites for hydroxylation is 1. The summed E-state index contributed by atoms with van der Waals surface area (Å²) in [5.74, 6) is 1.36. The molecule has 25 heavy (non-hydrogen) atoms. The van der Waals surface area contributed by atoms with Gasteiger partial charge in [-0.25, -0.2) is 0 Å². The minimum absolute atomic E-state index is 0.170. The third kappa shape index (κ3) is 5.07. The lowest BCUT2D eigenvalue weighted by Gasteiger charge is -1.98. The van der Waals surface area contributed by atoms with Crippen LogP contribution >= 0.6 is 34.9 Å². The lowest BCUT2D eigenvalue weighted by Crippen LogP contribution is -2.13. The van der Waals surface area contributed by atoms with Crippen LogP contribution in [0, 0.1) is 6.92 Å². The van der Waals surface area contributed by atoms with Gasteiger partial charge in [-0.1, -0.05) is 76.8 Å². The highest BCUT2D eigenvalue weighted by atomic mass is 32.2. The predicted octanol–water partition coefficient (Wildman–Crippen LogP) is 4.34. The molecule has 9 heteroatoms. The lowest BCUT2D eigenvalue weighted by molar-refractivity contribution is -0.113. The van der Waals surface area contributed by atoms with E-state index in [9.17, 15) is 4.79 Å². The van der Waals surface area contributed by atoms with Crippen LogP contribution in [0.15, 0.2) is 43.5 Å². The van der Waals surface area contributed by atoms with Crippen LogP contribution in [0.3, 0.4) is 0 Å². The minimum Gasteiger partial charge on any atom is -0.338 e. The quantitative estimate of drug-likeness (QED) is 0.599. The Kier molecular flexibility index (Phi) is 6.11. The van der Waals surface area contributed by atoms with Crippen molar-refractivity contribution in [1.82, 2.24) is 15.4 Å². The summed E-state index contributed by atoms with van der Waals surface area (Å²) in [5.41, 5.74) is 2.81. The number of thioether (sulfide) groups is 2. The smallest absolute Gasteiger partial charge is 0.237 e. The van der Waals surface area contributed by atoms with Gasteiger partial charge in [0.2, 0.25) is 11.8 Å². The summed E-state index contributed by atoms with van der Waals surface area (Å²) in [6, 6.07) is 9.66. The van der Waals surface area contributed by atoms with Crippen LogP contribution in [0.25, 0.3) is 11.3 Å². The van der Waals surface area contributed by atoms with E-state index in [-0.39, 0.29) is 11.7 Å². The second-order valence-corrected chi connectivity index (χ2v) is 8.76. The monoisotopic (exact) mass is 392 g/mol. The van der Waals surface area contributed by atoms with E-state index < -0.39 is 0 Å². The molecular formula is C16H16N4O2S3. The Morgan fingerprint density at radius 3 is 2.64 bits per heavy atom. The molecule has 0 unspecified atom stereocenters. The molecule has 0 saturated carbocycles. The van der Waals surface area contributed by atoms with Gasteiger partial charge in [0.1, 0.15) is 5.69 Å². The number of anilines is 1. The van der Waals surface area contributed by atoms with E-state index in [4.69, 9.17) is 4.52 Å². The number of hydrogen-bond acceptors (Lipinski definition) is 8. The molecule has 0 fully saturated rings. The van der Waals surface area contributed by atoms with Gasteiger partial charge in [-0.15, -0.1) is 10.2 Å². The van der Waals surface area contributed by atoms with E-state index in [1.165, 1.54) is 28.7 Å². The van der Waals surface area contributed by atoms with Crippen molar-refractivity contribution in [2.75, 3.05) is 16.8 Å². The Morgan fingerprint density at radius 2 is 1.92 bits per heavy atom. The summed E-state index contributed by atoms with van der Waals surface area (Å²) in [6.45, 7) is 4.09. The molecule has 1 N–H and O–H groups in total. The number of nitrogens with zero attached hydrogens (tertiary/aromatic N) is 3. The molecule has 0 aliphatic heterocycles. The number of carbonyl (C=O) groups excluding carboxylic acids is 1. The number of aromatic nitrogens is 3. The molecule has 0 aliphatic rings. The Hall–Kier alpha value is -1.84. The summed E-state index contributed by atoms with van der Waals surface area (Å²) in [7, 11) is 0. The normalized spacial score (nSPS) is 10.8. The molecular weight excluding hydrogens is 376 g/mol. The van der Waals surface area contributed by atoms with E-state index in [0.717, 1.165) is 20.0 Å². The maximum atomic E-state index is 12.0. The first-order valence-corrected chi connectivity index (χ1v) is 10.4. The maximum Gasteiger partial charge on any atom is 0.237 e. The van der Waals surface area contributed by atoms with Gasteiger partial charge in [0.05, 0.1) is 5.75 Å². The Balaban J connectivity index is 1.53. The second-order valence-electron chi connectivity index (χ2n) is 5.05. The van der Waals surface area contributed by atoms with Crippen LogP contribution in [-0.4, -0.2) is 32.8 Å². The molecule has 0 radical (unpaired) electrons. The van der Waals surface area contributed by atoms with Crippen LogP contribution in [0.4, 0.5) is 5.88 Å². The molecule has 1 aromatic carbocycles. The zero-order valence-corrected chi connectivity index (χ0v) is 16.1. The number of hydrogen-bond donors (Lipinski definition) is 1. The zero-order valence-electron chi connectivity index (χ0n) is 13.7. The van der Waals surface area contributed by atoms with Crippen LogP contribution in [0.5, 0.6) is 0 Å². The largest absolute Gasteiger partial charge is 0.338 e. The summed E-state index contributed by atoms with van der Waals surface area (Å²) in [4.78, 5) is 12.0. The van der Waals surface area contributed by atoms with Crippen LogP contribution in [-0.2, 0) is 4.79 Å². The molecule has 0 atom stereocenters. The van der Waals surface area contributed by atoms with Gasteiger partial charge in [-0.2, -0.15) is 0 Å². The molecule has 3 aromatic rings. The van der Waals surface area contributed by atoms with Crippen molar-refractivity contribution in [3.8, 4) is 11.3 Å². The van der Waals surface area contributed by atoms with Gasteiger partial charge in [-0.05, 0) is 12.7 Å². The SMILES string of the molecule is CCSc1nnc(SCC(=O)Nc2cc(-c3ccc(C)cc3)no2)s1. The molecule has 1 amide bonds. The molecule has 3 rings (SSSR count). The highest BCUT2D eigenvalue weighted by Crippen LogP contribution is 2.28. The minimum atomic E-state index is -0.170. The molecule has 0 bridgehead atoms. The summed E-state index contributed by atoms with van der Waals surface area (Å²) < 4.78 is 6.89. The predicted molar refractivity (Wildman–Crippen MR) is 102 cm³/mol. The van der Waals surface area contributed by atoms with E-state index in [2.05, 4.69) is 27.6 Å². The van der Waals surface area contributed by atoms with Gasteiger partial charge in [0.25, 0.3) is 0 Å². The molecule has 2 aromatic heterocycles. The lowest BCUT2D eigenvalue weighted by atomic mass is 10.1. The van der Waals surface area contributed by atoms with Gasteiger partial charge in [0.15, 0.2) is 8.68 Å². The fraction of sp³-hybridized carbons (Fsp3) is 0.250. The average molecular weight is 393 g/mol. The molecule has 0 saturated heterocycles. The third-order valence-corrected chi connectivity index (χ3v) is 6.17. The van der Waals surface area contributed by atoms with E-state index >= 15 is 0 Å².